The molecular formula is C15H23N3OS. The third kappa shape index (κ3) is 2.44. The summed E-state index contributed by atoms with van der Waals surface area (Å²) in [4.78, 5) is 8.08. The maximum absolute atomic E-state index is 9.68. The number of aromatic nitrogens is 2. The van der Waals surface area contributed by atoms with Crippen molar-refractivity contribution in [3.8, 4) is 0 Å². The van der Waals surface area contributed by atoms with Crippen LogP contribution in [0.4, 0.5) is 5.82 Å². The highest BCUT2D eigenvalue weighted by molar-refractivity contribution is 7.15. The molecular weight excluding hydrogens is 270 g/mol. The number of fused-ring (bicyclic) bond motifs is 1. The summed E-state index contributed by atoms with van der Waals surface area (Å²) >= 11 is 1.63. The van der Waals surface area contributed by atoms with Gasteiger partial charge in [0.25, 0.3) is 0 Å². The van der Waals surface area contributed by atoms with Crippen LogP contribution >= 0.6 is 11.3 Å². The van der Waals surface area contributed by atoms with Crippen LogP contribution in [0, 0.1) is 11.8 Å². The molecule has 4 nitrogen and oxygen atoms in total. The first-order chi connectivity index (χ1) is 9.70. The number of imidazole rings is 1. The molecule has 1 aliphatic heterocycles. The molecule has 0 aromatic carbocycles. The van der Waals surface area contributed by atoms with Gasteiger partial charge in [-0.05, 0) is 31.1 Å². The first-order valence-corrected chi connectivity index (χ1v) is 8.39. The second kappa shape index (κ2) is 5.74. The summed E-state index contributed by atoms with van der Waals surface area (Å²) in [6, 6.07) is 0. The lowest BCUT2D eigenvalue weighted by Gasteiger charge is -2.22. The Morgan fingerprint density at radius 2 is 2.25 bits per heavy atom. The van der Waals surface area contributed by atoms with E-state index in [0.29, 0.717) is 0 Å². The average molecular weight is 293 g/mol. The average Bonchev–Trinajstić information content (AvgIpc) is 2.90. The Morgan fingerprint density at radius 1 is 1.40 bits per heavy atom. The molecule has 1 saturated heterocycles. The van der Waals surface area contributed by atoms with Crippen molar-refractivity contribution in [2.45, 2.75) is 39.7 Å². The van der Waals surface area contributed by atoms with Crippen molar-refractivity contribution in [2.75, 3.05) is 18.0 Å². The van der Waals surface area contributed by atoms with Crippen molar-refractivity contribution in [3.05, 3.63) is 17.3 Å². The lowest BCUT2D eigenvalue weighted by Crippen LogP contribution is -2.26. The van der Waals surface area contributed by atoms with E-state index in [1.165, 1.54) is 19.3 Å². The minimum atomic E-state index is 0.0529. The lowest BCUT2D eigenvalue weighted by molar-refractivity contribution is 0.276. The Morgan fingerprint density at radius 3 is 3.00 bits per heavy atom. The van der Waals surface area contributed by atoms with Crippen molar-refractivity contribution in [1.29, 1.82) is 0 Å². The highest BCUT2D eigenvalue weighted by Gasteiger charge is 2.23. The molecule has 0 bridgehead atoms. The van der Waals surface area contributed by atoms with E-state index in [4.69, 9.17) is 4.98 Å². The standard InChI is InChI=1S/C15H23N3OS/c1-11(2)12-4-3-6-17(7-5-12)14-13(10-19)18-8-9-20-15(18)16-14/h8-9,11-12,19H,3-7,10H2,1-2H3. The summed E-state index contributed by atoms with van der Waals surface area (Å²) in [5.74, 6) is 2.57. The highest BCUT2D eigenvalue weighted by atomic mass is 32.1. The minimum Gasteiger partial charge on any atom is -0.390 e. The van der Waals surface area contributed by atoms with Gasteiger partial charge in [0.05, 0.1) is 12.3 Å². The fraction of sp³-hybridized carbons (Fsp3) is 0.667. The van der Waals surface area contributed by atoms with Crippen molar-refractivity contribution >= 4 is 22.1 Å². The van der Waals surface area contributed by atoms with E-state index in [1.54, 1.807) is 11.3 Å². The van der Waals surface area contributed by atoms with Crippen LogP contribution < -0.4 is 4.90 Å². The van der Waals surface area contributed by atoms with Crippen LogP contribution in [-0.2, 0) is 6.61 Å². The Labute approximate surface area is 124 Å². The molecule has 5 heteroatoms. The summed E-state index contributed by atoms with van der Waals surface area (Å²) in [5, 5.41) is 11.7. The van der Waals surface area contributed by atoms with E-state index in [-0.39, 0.29) is 6.61 Å². The summed E-state index contributed by atoms with van der Waals surface area (Å²) in [5.41, 5.74) is 0.934. The van der Waals surface area contributed by atoms with Crippen LogP contribution in [0.3, 0.4) is 0 Å². The normalized spacial score (nSPS) is 20.8. The van der Waals surface area contributed by atoms with Gasteiger partial charge in [-0.2, -0.15) is 0 Å². The van der Waals surface area contributed by atoms with E-state index in [1.807, 2.05) is 16.0 Å². The van der Waals surface area contributed by atoms with E-state index in [0.717, 1.165) is 41.4 Å². The molecule has 3 rings (SSSR count). The maximum atomic E-state index is 9.68. The van der Waals surface area contributed by atoms with E-state index < -0.39 is 0 Å². The van der Waals surface area contributed by atoms with E-state index in [9.17, 15) is 5.11 Å². The zero-order chi connectivity index (χ0) is 14.1. The van der Waals surface area contributed by atoms with Crippen molar-refractivity contribution < 1.29 is 5.11 Å². The van der Waals surface area contributed by atoms with Crippen LogP contribution in [0.2, 0.25) is 0 Å². The van der Waals surface area contributed by atoms with Gasteiger partial charge < -0.3 is 10.0 Å². The smallest absolute Gasteiger partial charge is 0.195 e. The predicted octanol–water partition coefficient (Wildman–Crippen LogP) is 3.15. The van der Waals surface area contributed by atoms with Crippen molar-refractivity contribution in [1.82, 2.24) is 9.38 Å². The van der Waals surface area contributed by atoms with Crippen LogP contribution in [0.1, 0.15) is 38.8 Å². The summed E-state index contributed by atoms with van der Waals surface area (Å²) in [6.45, 7) is 6.82. The quantitative estimate of drug-likeness (QED) is 0.945. The molecule has 0 amide bonds. The van der Waals surface area contributed by atoms with Gasteiger partial charge in [-0.1, -0.05) is 13.8 Å². The van der Waals surface area contributed by atoms with Crippen molar-refractivity contribution in [3.63, 3.8) is 0 Å². The van der Waals surface area contributed by atoms with Gasteiger partial charge in [0, 0.05) is 24.7 Å². The Bertz CT molecular complexity index is 575. The number of thiazole rings is 1. The second-order valence-corrected chi connectivity index (χ2v) is 6.89. The molecule has 1 fully saturated rings. The largest absolute Gasteiger partial charge is 0.390 e. The molecule has 2 aromatic heterocycles. The third-order valence-electron chi connectivity index (χ3n) is 4.50. The van der Waals surface area contributed by atoms with Gasteiger partial charge in [-0.3, -0.25) is 4.40 Å². The molecule has 110 valence electrons. The zero-order valence-corrected chi connectivity index (χ0v) is 13.1. The summed E-state index contributed by atoms with van der Waals surface area (Å²) in [7, 11) is 0. The van der Waals surface area contributed by atoms with E-state index >= 15 is 0 Å². The van der Waals surface area contributed by atoms with Gasteiger partial charge in [0.15, 0.2) is 10.8 Å². The molecule has 20 heavy (non-hydrogen) atoms. The third-order valence-corrected chi connectivity index (χ3v) is 5.26. The fourth-order valence-corrected chi connectivity index (χ4v) is 3.95. The first kappa shape index (κ1) is 13.9. The lowest BCUT2D eigenvalue weighted by atomic mass is 9.89. The topological polar surface area (TPSA) is 40.8 Å². The zero-order valence-electron chi connectivity index (χ0n) is 12.2. The van der Waals surface area contributed by atoms with Gasteiger partial charge in [0.1, 0.15) is 0 Å². The van der Waals surface area contributed by atoms with Gasteiger partial charge >= 0.3 is 0 Å². The summed E-state index contributed by atoms with van der Waals surface area (Å²) in [6.07, 6.45) is 5.76. The Kier molecular flexibility index (Phi) is 3.98. The minimum absolute atomic E-state index is 0.0529. The Hall–Kier alpha value is -1.07. The second-order valence-electron chi connectivity index (χ2n) is 6.02. The first-order valence-electron chi connectivity index (χ1n) is 7.51. The molecule has 1 unspecified atom stereocenters. The molecule has 0 aliphatic carbocycles. The molecule has 3 heterocycles. The molecule has 0 radical (unpaired) electrons. The van der Waals surface area contributed by atoms with Crippen LogP contribution in [0.25, 0.3) is 4.96 Å². The van der Waals surface area contributed by atoms with Crippen LogP contribution in [0.15, 0.2) is 11.6 Å². The number of rotatable bonds is 3. The van der Waals surface area contributed by atoms with Gasteiger partial charge in [-0.25, -0.2) is 4.98 Å². The van der Waals surface area contributed by atoms with Gasteiger partial charge in [0.2, 0.25) is 0 Å². The highest BCUT2D eigenvalue weighted by Crippen LogP contribution is 2.30. The molecule has 1 aliphatic rings. The fourth-order valence-electron chi connectivity index (χ4n) is 3.22. The van der Waals surface area contributed by atoms with Crippen LogP contribution in [-0.4, -0.2) is 27.6 Å². The molecule has 1 atom stereocenters. The number of hydrogen-bond donors (Lipinski definition) is 1. The summed E-state index contributed by atoms with van der Waals surface area (Å²) < 4.78 is 2.02. The van der Waals surface area contributed by atoms with Crippen molar-refractivity contribution in [2.24, 2.45) is 11.8 Å². The number of hydrogen-bond acceptors (Lipinski definition) is 4. The van der Waals surface area contributed by atoms with Crippen LogP contribution in [0.5, 0.6) is 0 Å². The molecule has 0 spiro atoms. The number of anilines is 1. The molecule has 2 aromatic rings. The molecule has 1 N–H and O–H groups in total. The molecule has 0 saturated carbocycles. The number of aliphatic hydroxyl groups is 1. The Balaban J connectivity index is 1.85. The predicted molar refractivity (Wildman–Crippen MR) is 83.4 cm³/mol. The van der Waals surface area contributed by atoms with E-state index in [2.05, 4.69) is 18.7 Å². The monoisotopic (exact) mass is 293 g/mol. The van der Waals surface area contributed by atoms with Gasteiger partial charge in [-0.15, -0.1) is 11.3 Å². The number of aliphatic hydroxyl groups excluding tert-OH is 1. The SMILES string of the molecule is CC(C)C1CCCN(c2nc3sccn3c2CO)CC1. The number of nitrogens with zero attached hydrogens (tertiary/aromatic N) is 3. The maximum Gasteiger partial charge on any atom is 0.195 e.